The molecule has 37 heavy (non-hydrogen) atoms. The highest BCUT2D eigenvalue weighted by Crippen LogP contribution is 2.40. The highest BCUT2D eigenvalue weighted by Gasteiger charge is 2.41. The second-order valence-corrected chi connectivity index (χ2v) is 10.1. The second-order valence-electron chi connectivity index (χ2n) is 9.08. The molecule has 1 saturated heterocycles. The quantitative estimate of drug-likeness (QED) is 0.288. The van der Waals surface area contributed by atoms with Crippen LogP contribution in [0.5, 0.6) is 11.5 Å². The zero-order valence-corrected chi connectivity index (χ0v) is 22.5. The average Bonchev–Trinajstić information content (AvgIpc) is 3.19. The van der Waals surface area contributed by atoms with Gasteiger partial charge in [-0.05, 0) is 80.3 Å². The smallest absolute Gasteiger partial charge is 0.344 e. The van der Waals surface area contributed by atoms with E-state index in [0.717, 1.165) is 35.7 Å². The molecular weight excluding hydrogens is 488 g/mol. The van der Waals surface area contributed by atoms with Crippen LogP contribution in [0.25, 0.3) is 6.08 Å². The van der Waals surface area contributed by atoms with Crippen molar-refractivity contribution < 1.29 is 23.8 Å². The summed E-state index contributed by atoms with van der Waals surface area (Å²) < 4.78 is 16.3. The monoisotopic (exact) mass is 522 g/mol. The van der Waals surface area contributed by atoms with Crippen molar-refractivity contribution in [3.8, 4) is 11.5 Å². The zero-order chi connectivity index (χ0) is 26.2. The van der Waals surface area contributed by atoms with E-state index in [0.29, 0.717) is 35.5 Å². The molecule has 2 aliphatic rings. The normalized spacial score (nSPS) is 21.9. The minimum Gasteiger partial charge on any atom is -0.490 e. The molecule has 2 aromatic rings. The van der Waals surface area contributed by atoms with Crippen molar-refractivity contribution in [2.24, 2.45) is 10.9 Å². The predicted molar refractivity (Wildman–Crippen MR) is 147 cm³/mol. The van der Waals surface area contributed by atoms with Gasteiger partial charge in [0.1, 0.15) is 0 Å². The van der Waals surface area contributed by atoms with E-state index < -0.39 is 5.97 Å². The molecule has 4 rings (SSSR count). The molecule has 2 aromatic carbocycles. The van der Waals surface area contributed by atoms with Crippen molar-refractivity contribution in [2.45, 2.75) is 52.5 Å². The Morgan fingerprint density at radius 3 is 2.57 bits per heavy atom. The summed E-state index contributed by atoms with van der Waals surface area (Å²) in [5.41, 5.74) is 1.63. The summed E-state index contributed by atoms with van der Waals surface area (Å²) in [6.45, 7) is 6.39. The number of amidine groups is 1. The van der Waals surface area contributed by atoms with Gasteiger partial charge in [0.05, 0.1) is 23.8 Å². The summed E-state index contributed by atoms with van der Waals surface area (Å²) in [4.78, 5) is 32.8. The summed E-state index contributed by atoms with van der Waals surface area (Å²) in [7, 11) is 0. The molecule has 0 N–H and O–H groups in total. The Labute approximate surface area is 222 Å². The second kappa shape index (κ2) is 12.8. The van der Waals surface area contributed by atoms with Gasteiger partial charge in [0.15, 0.2) is 23.3 Å². The number of carbonyl (C=O) groups is 2. The molecule has 0 unspecified atom stereocenters. The van der Waals surface area contributed by atoms with Crippen LogP contribution < -0.4 is 9.47 Å². The highest BCUT2D eigenvalue weighted by molar-refractivity contribution is 8.18. The van der Waals surface area contributed by atoms with Gasteiger partial charge in [0.25, 0.3) is 5.91 Å². The number of thioether (sulfide) groups is 1. The number of hydrogen-bond acceptors (Lipinski definition) is 7. The lowest BCUT2D eigenvalue weighted by atomic mass is 9.85. The van der Waals surface area contributed by atoms with Gasteiger partial charge in [-0.15, -0.1) is 0 Å². The SMILES string of the molecule is CCOC(=O)COc1ccc(/C=C2\SC(=Nc3ccccc3)N([C@@H]3CCCC[C@H]3C)C2=O)cc1OCC. The maximum absolute atomic E-state index is 13.7. The van der Waals surface area contributed by atoms with Crippen molar-refractivity contribution >= 4 is 40.6 Å². The first-order chi connectivity index (χ1) is 18.0. The summed E-state index contributed by atoms with van der Waals surface area (Å²) in [6, 6.07) is 15.3. The predicted octanol–water partition coefficient (Wildman–Crippen LogP) is 6.21. The molecule has 0 radical (unpaired) electrons. The van der Waals surface area contributed by atoms with E-state index in [1.54, 1.807) is 13.0 Å². The van der Waals surface area contributed by atoms with Gasteiger partial charge < -0.3 is 14.2 Å². The van der Waals surface area contributed by atoms with Crippen molar-refractivity contribution in [1.29, 1.82) is 0 Å². The lowest BCUT2D eigenvalue weighted by Crippen LogP contribution is -2.44. The molecule has 1 saturated carbocycles. The molecule has 0 bridgehead atoms. The number of para-hydroxylation sites is 1. The van der Waals surface area contributed by atoms with Crippen LogP contribution in [0.1, 0.15) is 52.0 Å². The topological polar surface area (TPSA) is 77.4 Å². The Bertz CT molecular complexity index is 1160. The number of nitrogens with zero attached hydrogens (tertiary/aromatic N) is 2. The van der Waals surface area contributed by atoms with Gasteiger partial charge >= 0.3 is 5.97 Å². The summed E-state index contributed by atoms with van der Waals surface area (Å²) in [5.74, 6) is 0.920. The van der Waals surface area contributed by atoms with Crippen LogP contribution in [0.3, 0.4) is 0 Å². The van der Waals surface area contributed by atoms with E-state index in [-0.39, 0.29) is 18.6 Å². The van der Waals surface area contributed by atoms with E-state index in [9.17, 15) is 9.59 Å². The molecule has 1 aliphatic heterocycles. The molecular formula is C29H34N2O5S. The van der Waals surface area contributed by atoms with Gasteiger partial charge in [-0.25, -0.2) is 9.79 Å². The zero-order valence-electron chi connectivity index (χ0n) is 21.6. The molecule has 2 atom stereocenters. The molecule has 196 valence electrons. The number of rotatable bonds is 9. The van der Waals surface area contributed by atoms with E-state index in [4.69, 9.17) is 19.2 Å². The van der Waals surface area contributed by atoms with Crippen LogP contribution in [0, 0.1) is 5.92 Å². The highest BCUT2D eigenvalue weighted by atomic mass is 32.2. The number of ether oxygens (including phenoxy) is 3. The maximum Gasteiger partial charge on any atom is 0.344 e. The molecule has 1 amide bonds. The Balaban J connectivity index is 1.63. The average molecular weight is 523 g/mol. The fraction of sp³-hybridized carbons (Fsp3) is 0.414. The van der Waals surface area contributed by atoms with E-state index in [1.807, 2.05) is 60.4 Å². The molecule has 1 aliphatic carbocycles. The Kier molecular flexibility index (Phi) is 9.28. The van der Waals surface area contributed by atoms with Crippen LogP contribution in [-0.4, -0.2) is 47.8 Å². The van der Waals surface area contributed by atoms with E-state index >= 15 is 0 Å². The molecule has 7 nitrogen and oxygen atoms in total. The van der Waals surface area contributed by atoms with Gasteiger partial charge in [0.2, 0.25) is 0 Å². The van der Waals surface area contributed by atoms with Crippen LogP contribution in [-0.2, 0) is 14.3 Å². The number of hydrogen-bond donors (Lipinski definition) is 0. The number of aliphatic imine (C=N–C) groups is 1. The first-order valence-electron chi connectivity index (χ1n) is 12.9. The number of carbonyl (C=O) groups excluding carboxylic acids is 2. The minimum atomic E-state index is -0.439. The molecule has 0 spiro atoms. The summed E-state index contributed by atoms with van der Waals surface area (Å²) in [6.07, 6.45) is 6.29. The fourth-order valence-corrected chi connectivity index (χ4v) is 5.69. The van der Waals surface area contributed by atoms with Crippen molar-refractivity contribution in [2.75, 3.05) is 19.8 Å². The van der Waals surface area contributed by atoms with Crippen LogP contribution in [0.15, 0.2) is 58.4 Å². The Hall–Kier alpha value is -3.26. The fourth-order valence-electron chi connectivity index (χ4n) is 4.64. The summed E-state index contributed by atoms with van der Waals surface area (Å²) >= 11 is 1.41. The standard InChI is InChI=1S/C29H34N2O5S/c1-4-34-25-17-21(15-16-24(25)36-19-27(32)35-5-2)18-26-28(33)31(23-14-10-9-11-20(23)3)29(37-26)30-22-12-7-6-8-13-22/h6-8,12-13,15-18,20,23H,4-5,9-11,14,19H2,1-3H3/b26-18-,30-29?/t20-,23-/m1/s1. The third-order valence-corrected chi connectivity index (χ3v) is 7.41. The Morgan fingerprint density at radius 2 is 1.84 bits per heavy atom. The first-order valence-corrected chi connectivity index (χ1v) is 13.7. The van der Waals surface area contributed by atoms with E-state index in [1.165, 1.54) is 18.2 Å². The third-order valence-electron chi connectivity index (χ3n) is 6.43. The van der Waals surface area contributed by atoms with Crippen LogP contribution in [0.2, 0.25) is 0 Å². The molecule has 0 aromatic heterocycles. The van der Waals surface area contributed by atoms with Crippen LogP contribution in [0.4, 0.5) is 5.69 Å². The minimum absolute atomic E-state index is 0.0148. The lowest BCUT2D eigenvalue weighted by Gasteiger charge is -2.35. The lowest BCUT2D eigenvalue weighted by molar-refractivity contribution is -0.145. The van der Waals surface area contributed by atoms with Gasteiger partial charge in [0, 0.05) is 6.04 Å². The first kappa shape index (κ1) is 26.8. The van der Waals surface area contributed by atoms with E-state index in [2.05, 4.69) is 6.92 Å². The number of benzene rings is 2. The van der Waals surface area contributed by atoms with Crippen molar-refractivity contribution in [3.63, 3.8) is 0 Å². The Morgan fingerprint density at radius 1 is 1.05 bits per heavy atom. The molecule has 8 heteroatoms. The largest absolute Gasteiger partial charge is 0.490 e. The summed E-state index contributed by atoms with van der Waals surface area (Å²) in [5, 5.41) is 0.723. The van der Waals surface area contributed by atoms with Gasteiger partial charge in [-0.3, -0.25) is 9.69 Å². The molecule has 1 heterocycles. The maximum atomic E-state index is 13.7. The number of amides is 1. The van der Waals surface area contributed by atoms with Crippen molar-refractivity contribution in [3.05, 3.63) is 59.0 Å². The van der Waals surface area contributed by atoms with Crippen LogP contribution >= 0.6 is 11.8 Å². The number of esters is 1. The van der Waals surface area contributed by atoms with Crippen molar-refractivity contribution in [1.82, 2.24) is 4.90 Å². The van der Waals surface area contributed by atoms with Gasteiger partial charge in [-0.1, -0.05) is 44.0 Å². The van der Waals surface area contributed by atoms with Gasteiger partial charge in [-0.2, -0.15) is 0 Å². The molecule has 2 fully saturated rings. The third kappa shape index (κ3) is 6.74.